The molecule has 1 aliphatic carbocycles. The molecule has 1 amide bonds. The van der Waals surface area contributed by atoms with Crippen LogP contribution in [0.2, 0.25) is 5.02 Å². The van der Waals surface area contributed by atoms with Crippen LogP contribution in [0.3, 0.4) is 0 Å². The van der Waals surface area contributed by atoms with E-state index >= 15 is 0 Å². The van der Waals surface area contributed by atoms with Crippen LogP contribution in [-0.4, -0.2) is 31.1 Å². The summed E-state index contributed by atoms with van der Waals surface area (Å²) in [6.07, 6.45) is 4.69. The molecule has 25 heavy (non-hydrogen) atoms. The molecule has 1 fully saturated rings. The Balaban J connectivity index is 1.81. The molecule has 0 radical (unpaired) electrons. The number of methoxy groups -OCH3 is 1. The zero-order valence-electron chi connectivity index (χ0n) is 14.4. The Hall–Kier alpha value is -2.01. The minimum atomic E-state index is -0.951. The van der Waals surface area contributed by atoms with Crippen molar-refractivity contribution >= 4 is 29.6 Å². The van der Waals surface area contributed by atoms with Gasteiger partial charge < -0.3 is 14.8 Å². The van der Waals surface area contributed by atoms with Crippen LogP contribution in [0, 0.1) is 5.92 Å². The molecule has 0 unspecified atom stereocenters. The lowest BCUT2D eigenvalue weighted by molar-refractivity contribution is -0.152. The molecule has 1 saturated carbocycles. The van der Waals surface area contributed by atoms with E-state index in [0.29, 0.717) is 35.1 Å². The number of benzene rings is 1. The van der Waals surface area contributed by atoms with Crippen LogP contribution >= 0.6 is 11.6 Å². The molecular weight excluding hydrogens is 342 g/mol. The molecule has 2 aliphatic rings. The van der Waals surface area contributed by atoms with Gasteiger partial charge in [-0.15, -0.1) is 0 Å². The predicted octanol–water partition coefficient (Wildman–Crippen LogP) is 3.35. The average Bonchev–Trinajstić information content (AvgIpc) is 2.62. The summed E-state index contributed by atoms with van der Waals surface area (Å²) in [6, 6.07) is 5.28. The second-order valence-electron chi connectivity index (χ2n) is 6.85. The first-order valence-corrected chi connectivity index (χ1v) is 8.85. The van der Waals surface area contributed by atoms with Gasteiger partial charge in [0.1, 0.15) is 17.9 Å². The quantitative estimate of drug-likeness (QED) is 0.836. The van der Waals surface area contributed by atoms with Gasteiger partial charge in [0.25, 0.3) is 5.91 Å². The molecule has 6 heteroatoms. The van der Waals surface area contributed by atoms with Crippen molar-refractivity contribution in [1.82, 2.24) is 5.32 Å². The van der Waals surface area contributed by atoms with Gasteiger partial charge in [-0.25, -0.2) is 4.79 Å². The Morgan fingerprint density at radius 3 is 2.72 bits per heavy atom. The van der Waals surface area contributed by atoms with Crippen molar-refractivity contribution in [2.45, 2.75) is 38.1 Å². The topological polar surface area (TPSA) is 64.6 Å². The highest BCUT2D eigenvalue weighted by Crippen LogP contribution is 2.34. The summed E-state index contributed by atoms with van der Waals surface area (Å²) in [5.74, 6) is 0.551. The first kappa shape index (κ1) is 17.8. The van der Waals surface area contributed by atoms with E-state index in [-0.39, 0.29) is 18.5 Å². The number of halogens is 1. The molecule has 1 heterocycles. The molecule has 1 aromatic rings. The minimum Gasteiger partial charge on any atom is -0.488 e. The van der Waals surface area contributed by atoms with Crippen molar-refractivity contribution in [2.24, 2.45) is 5.92 Å². The highest BCUT2D eigenvalue weighted by atomic mass is 35.5. The van der Waals surface area contributed by atoms with Gasteiger partial charge >= 0.3 is 5.97 Å². The average molecular weight is 364 g/mol. The third kappa shape index (κ3) is 3.66. The number of carbonyl (C=O) groups is 2. The number of nitrogens with one attached hydrogen (secondary N) is 1. The van der Waals surface area contributed by atoms with E-state index in [1.807, 2.05) is 0 Å². The Bertz CT molecular complexity index is 720. The van der Waals surface area contributed by atoms with Crippen LogP contribution in [0.15, 0.2) is 23.8 Å². The van der Waals surface area contributed by atoms with E-state index in [1.54, 1.807) is 24.3 Å². The molecule has 1 aromatic carbocycles. The molecule has 5 nitrogen and oxygen atoms in total. The molecule has 1 aliphatic heterocycles. The molecule has 0 bridgehead atoms. The lowest BCUT2D eigenvalue weighted by atomic mass is 9.77. The number of ether oxygens (including phenoxy) is 2. The highest BCUT2D eigenvalue weighted by Gasteiger charge is 2.44. The van der Waals surface area contributed by atoms with Crippen molar-refractivity contribution in [3.05, 3.63) is 34.4 Å². The first-order chi connectivity index (χ1) is 11.9. The lowest BCUT2D eigenvalue weighted by Crippen LogP contribution is -2.57. The van der Waals surface area contributed by atoms with Gasteiger partial charge in [-0.1, -0.05) is 18.5 Å². The van der Waals surface area contributed by atoms with Gasteiger partial charge in [0.2, 0.25) is 0 Å². The fourth-order valence-electron chi connectivity index (χ4n) is 3.41. The van der Waals surface area contributed by atoms with Gasteiger partial charge in [0.15, 0.2) is 0 Å². The summed E-state index contributed by atoms with van der Waals surface area (Å²) in [4.78, 5) is 25.1. The summed E-state index contributed by atoms with van der Waals surface area (Å²) < 4.78 is 10.6. The van der Waals surface area contributed by atoms with E-state index in [2.05, 4.69) is 12.2 Å². The summed E-state index contributed by atoms with van der Waals surface area (Å²) in [6.45, 7) is 2.31. The van der Waals surface area contributed by atoms with Crippen LogP contribution in [0.1, 0.15) is 38.2 Å². The van der Waals surface area contributed by atoms with E-state index in [1.165, 1.54) is 7.11 Å². The molecule has 0 atom stereocenters. The zero-order chi connectivity index (χ0) is 18.0. The van der Waals surface area contributed by atoms with Gasteiger partial charge in [0.05, 0.1) is 12.7 Å². The van der Waals surface area contributed by atoms with Crippen LogP contribution in [0.5, 0.6) is 5.75 Å². The fraction of sp³-hybridized carbons (Fsp3) is 0.474. The third-order valence-electron chi connectivity index (χ3n) is 5.03. The van der Waals surface area contributed by atoms with Gasteiger partial charge in [0, 0.05) is 10.6 Å². The largest absolute Gasteiger partial charge is 0.488 e. The van der Waals surface area contributed by atoms with Crippen LogP contribution < -0.4 is 10.1 Å². The molecule has 1 N–H and O–H groups in total. The van der Waals surface area contributed by atoms with Gasteiger partial charge in [-0.2, -0.15) is 0 Å². The summed E-state index contributed by atoms with van der Waals surface area (Å²) in [7, 11) is 1.36. The second-order valence-corrected chi connectivity index (χ2v) is 7.29. The Morgan fingerprint density at radius 2 is 2.04 bits per heavy atom. The minimum absolute atomic E-state index is 0.161. The first-order valence-electron chi connectivity index (χ1n) is 8.47. The second kappa shape index (κ2) is 7.08. The lowest BCUT2D eigenvalue weighted by Gasteiger charge is -2.37. The van der Waals surface area contributed by atoms with Crippen molar-refractivity contribution < 1.29 is 19.1 Å². The Morgan fingerprint density at radius 1 is 1.32 bits per heavy atom. The SMILES string of the molecule is COC(=O)C1(NC(=O)C2=Cc3cc(Cl)ccc3OC2)CCC(C)CC1. The van der Waals surface area contributed by atoms with Crippen LogP contribution in [0.25, 0.3) is 6.08 Å². The van der Waals surface area contributed by atoms with Crippen molar-refractivity contribution in [3.8, 4) is 5.75 Å². The smallest absolute Gasteiger partial charge is 0.331 e. The molecule has 0 aromatic heterocycles. The van der Waals surface area contributed by atoms with Crippen LogP contribution in [0.4, 0.5) is 0 Å². The van der Waals surface area contributed by atoms with Crippen molar-refractivity contribution in [2.75, 3.05) is 13.7 Å². The van der Waals surface area contributed by atoms with E-state index < -0.39 is 5.54 Å². The molecule has 0 spiro atoms. The molecule has 0 saturated heterocycles. The molecule has 3 rings (SSSR count). The summed E-state index contributed by atoms with van der Waals surface area (Å²) in [5, 5.41) is 3.50. The maximum Gasteiger partial charge on any atom is 0.331 e. The maximum atomic E-state index is 12.8. The fourth-order valence-corrected chi connectivity index (χ4v) is 3.59. The van der Waals surface area contributed by atoms with E-state index in [0.717, 1.165) is 18.4 Å². The molecular formula is C19H22ClNO4. The summed E-state index contributed by atoms with van der Waals surface area (Å²) in [5.41, 5.74) is 0.276. The van der Waals surface area contributed by atoms with Crippen molar-refractivity contribution in [1.29, 1.82) is 0 Å². The number of carbonyl (C=O) groups excluding carboxylic acids is 2. The number of rotatable bonds is 3. The van der Waals surface area contributed by atoms with E-state index in [9.17, 15) is 9.59 Å². The standard InChI is InChI=1S/C19H22ClNO4/c1-12-5-7-19(8-6-12,18(23)24-2)21-17(22)14-9-13-10-15(20)3-4-16(13)25-11-14/h3-4,9-10,12H,5-8,11H2,1-2H3,(H,21,22). The molecule has 134 valence electrons. The number of esters is 1. The Labute approximate surface area is 152 Å². The number of hydrogen-bond donors (Lipinski definition) is 1. The normalized spacial score (nSPS) is 25.2. The van der Waals surface area contributed by atoms with Crippen molar-refractivity contribution in [3.63, 3.8) is 0 Å². The highest BCUT2D eigenvalue weighted by molar-refractivity contribution is 6.30. The number of amides is 1. The van der Waals surface area contributed by atoms with Gasteiger partial charge in [-0.05, 0) is 55.9 Å². The van der Waals surface area contributed by atoms with E-state index in [4.69, 9.17) is 21.1 Å². The maximum absolute atomic E-state index is 12.8. The zero-order valence-corrected chi connectivity index (χ0v) is 15.2. The number of hydrogen-bond acceptors (Lipinski definition) is 4. The Kier molecular flexibility index (Phi) is 5.04. The summed E-state index contributed by atoms with van der Waals surface area (Å²) >= 11 is 6.01. The monoisotopic (exact) mass is 363 g/mol. The predicted molar refractivity (Wildman–Crippen MR) is 95.4 cm³/mol. The van der Waals surface area contributed by atoms with Gasteiger partial charge in [-0.3, -0.25) is 4.79 Å². The number of fused-ring (bicyclic) bond motifs is 1. The van der Waals surface area contributed by atoms with Crippen LogP contribution in [-0.2, 0) is 14.3 Å². The third-order valence-corrected chi connectivity index (χ3v) is 5.27.